The second-order valence-electron chi connectivity index (χ2n) is 21.2. The number of ether oxygens (including phenoxy) is 6. The predicted molar refractivity (Wildman–Crippen MR) is 271 cm³/mol. The maximum atomic E-state index is 15.3. The Morgan fingerprint density at radius 1 is 0.831 bits per heavy atom. The summed E-state index contributed by atoms with van der Waals surface area (Å²) in [5.41, 5.74) is 1.33. The molecule has 3 heterocycles. The van der Waals surface area contributed by atoms with Crippen LogP contribution in [0.1, 0.15) is 126 Å². The summed E-state index contributed by atoms with van der Waals surface area (Å²) in [6.45, 7) is 13.2. The molecule has 71 heavy (non-hydrogen) atoms. The molecule has 14 heteroatoms. The Labute approximate surface area is 423 Å². The summed E-state index contributed by atoms with van der Waals surface area (Å²) in [6, 6.07) is 7.76. The van der Waals surface area contributed by atoms with Crippen LogP contribution < -0.4 is 4.74 Å². The number of nitrogens with zero attached hydrogens (tertiary/aromatic N) is 1. The number of hydrogen-bond donors (Lipinski definition) is 3. The first-order chi connectivity index (χ1) is 33.8. The van der Waals surface area contributed by atoms with Crippen molar-refractivity contribution in [3.63, 3.8) is 0 Å². The van der Waals surface area contributed by atoms with Gasteiger partial charge in [-0.2, -0.15) is 0 Å². The largest absolute Gasteiger partial charge is 0.475 e. The van der Waals surface area contributed by atoms with E-state index in [0.29, 0.717) is 75.5 Å². The number of Topliss-reactive ketones (excluding diaryl/α,β-unsaturated/α-hetero) is 2. The zero-order valence-corrected chi connectivity index (χ0v) is 44.1. The molecule has 3 aliphatic heterocycles. The first-order valence-corrected chi connectivity index (χ1v) is 26.1. The number of piperidine rings is 1. The minimum absolute atomic E-state index is 0.0258. The molecule has 1 amide bonds. The Hall–Kier alpha value is -4.02. The van der Waals surface area contributed by atoms with Crippen molar-refractivity contribution in [3.05, 3.63) is 77.9 Å². The summed E-state index contributed by atoms with van der Waals surface area (Å²) >= 11 is 0. The zero-order valence-electron chi connectivity index (χ0n) is 44.1. The lowest BCUT2D eigenvalue weighted by Crippen LogP contribution is -2.65. The van der Waals surface area contributed by atoms with Gasteiger partial charge in [0.1, 0.15) is 35.9 Å². The highest BCUT2D eigenvalue weighted by Gasteiger charge is 2.55. The normalized spacial score (nSPS) is 38.9. The van der Waals surface area contributed by atoms with Crippen LogP contribution in [-0.2, 0) is 42.9 Å². The Bertz CT molecular complexity index is 2020. The number of aliphatic hydroxyl groups is 3. The van der Waals surface area contributed by atoms with E-state index in [1.54, 1.807) is 58.4 Å². The van der Waals surface area contributed by atoms with Gasteiger partial charge in [-0.25, -0.2) is 4.79 Å². The van der Waals surface area contributed by atoms with Crippen LogP contribution in [0.15, 0.2) is 77.9 Å². The van der Waals surface area contributed by atoms with Crippen LogP contribution in [0, 0.1) is 35.5 Å². The van der Waals surface area contributed by atoms with Crippen LogP contribution in [0.25, 0.3) is 0 Å². The number of rotatable bonds is 8. The number of para-hydroxylation sites is 1. The fraction of sp³-hybridized carbons (Fsp3) is 0.684. The number of allylic oxidation sites excluding steroid dienone is 6. The van der Waals surface area contributed by atoms with E-state index in [9.17, 15) is 29.7 Å². The average molecular weight is 992 g/mol. The molecule has 0 aromatic heterocycles. The first kappa shape index (κ1) is 57.9. The van der Waals surface area contributed by atoms with Crippen LogP contribution >= 0.6 is 0 Å². The summed E-state index contributed by atoms with van der Waals surface area (Å²) in [4.78, 5) is 59.6. The summed E-state index contributed by atoms with van der Waals surface area (Å²) in [5.74, 6) is -5.37. The molecular weight excluding hydrogens is 907 g/mol. The highest BCUT2D eigenvalue weighted by atomic mass is 16.7. The van der Waals surface area contributed by atoms with Crippen LogP contribution in [-0.4, -0.2) is 132 Å². The molecule has 0 spiro atoms. The van der Waals surface area contributed by atoms with E-state index in [0.717, 1.165) is 12.0 Å². The van der Waals surface area contributed by atoms with E-state index in [1.165, 1.54) is 12.0 Å². The van der Waals surface area contributed by atoms with E-state index in [-0.39, 0.29) is 54.5 Å². The van der Waals surface area contributed by atoms with E-state index < -0.39 is 78.1 Å². The average Bonchev–Trinajstić information content (AvgIpc) is 3.35. The molecule has 1 aromatic carbocycles. The van der Waals surface area contributed by atoms with Gasteiger partial charge in [0.15, 0.2) is 5.78 Å². The lowest BCUT2D eigenvalue weighted by Gasteiger charge is -2.47. The summed E-state index contributed by atoms with van der Waals surface area (Å²) in [6.07, 6.45) is 10.6. The number of cyclic esters (lactones) is 1. The molecule has 3 N–H and O–H groups in total. The molecule has 2 bridgehead atoms. The second kappa shape index (κ2) is 27.3. The number of esters is 1. The fourth-order valence-corrected chi connectivity index (χ4v) is 11.0. The van der Waals surface area contributed by atoms with E-state index in [1.807, 2.05) is 71.1 Å². The number of methoxy groups -OCH3 is 3. The maximum Gasteiger partial charge on any atom is 0.329 e. The molecule has 396 valence electrons. The third-order valence-electron chi connectivity index (χ3n) is 15.6. The van der Waals surface area contributed by atoms with Gasteiger partial charge in [0.05, 0.1) is 24.4 Å². The first-order valence-electron chi connectivity index (χ1n) is 26.1. The smallest absolute Gasteiger partial charge is 0.329 e. The molecule has 4 aliphatic rings. The number of fused-ring (bicyclic) bond motifs is 3. The number of hydrogen-bond acceptors (Lipinski definition) is 13. The molecule has 0 radical (unpaired) electrons. The van der Waals surface area contributed by atoms with Gasteiger partial charge in [-0.05, 0) is 119 Å². The van der Waals surface area contributed by atoms with Gasteiger partial charge in [-0.3, -0.25) is 14.4 Å². The lowest BCUT2D eigenvalue weighted by molar-refractivity contribution is -0.313. The minimum Gasteiger partial charge on any atom is -0.475 e. The van der Waals surface area contributed by atoms with Gasteiger partial charge in [-0.15, -0.1) is 0 Å². The van der Waals surface area contributed by atoms with Crippen LogP contribution in [0.4, 0.5) is 0 Å². The van der Waals surface area contributed by atoms with Crippen LogP contribution in [0.2, 0.25) is 0 Å². The number of carbonyl (C=O) groups is 4. The van der Waals surface area contributed by atoms with Gasteiger partial charge in [0.25, 0.3) is 5.91 Å². The van der Waals surface area contributed by atoms with Crippen molar-refractivity contribution < 1.29 is 62.9 Å². The van der Waals surface area contributed by atoms with Gasteiger partial charge in [-0.1, -0.05) is 89.3 Å². The Morgan fingerprint density at radius 3 is 2.25 bits per heavy atom. The minimum atomic E-state index is -2.10. The zero-order chi connectivity index (χ0) is 52.0. The van der Waals surface area contributed by atoms with Crippen molar-refractivity contribution in [1.82, 2.24) is 4.90 Å². The molecule has 1 aromatic rings. The van der Waals surface area contributed by atoms with Crippen molar-refractivity contribution in [2.45, 2.75) is 186 Å². The molecule has 6 unspecified atom stereocenters. The summed E-state index contributed by atoms with van der Waals surface area (Å²) < 4.78 is 36.8. The number of aliphatic hydroxyl groups excluding tert-OH is 2. The van der Waals surface area contributed by atoms with Gasteiger partial charge < -0.3 is 48.6 Å². The Kier molecular flexibility index (Phi) is 22.3. The van der Waals surface area contributed by atoms with Crippen LogP contribution in [0.5, 0.6) is 5.75 Å². The Balaban J connectivity index is 1.54. The quantitative estimate of drug-likeness (QED) is 0.168. The monoisotopic (exact) mass is 992 g/mol. The molecular formula is C57H85NO13. The van der Waals surface area contributed by atoms with E-state index >= 15 is 4.79 Å². The van der Waals surface area contributed by atoms with Crippen molar-refractivity contribution in [1.29, 1.82) is 0 Å². The third kappa shape index (κ3) is 15.5. The number of carbonyl (C=O) groups excluding carboxylic acids is 4. The Morgan fingerprint density at radius 2 is 1.56 bits per heavy atom. The fourth-order valence-electron chi connectivity index (χ4n) is 11.0. The third-order valence-corrected chi connectivity index (χ3v) is 15.6. The maximum absolute atomic E-state index is 15.3. The topological polar surface area (TPSA) is 188 Å². The number of ketones is 2. The molecule has 1 aliphatic carbocycles. The molecule has 16 atom stereocenters. The molecule has 3 fully saturated rings. The summed E-state index contributed by atoms with van der Waals surface area (Å²) in [7, 11) is 4.60. The van der Waals surface area contributed by atoms with Crippen molar-refractivity contribution in [2.75, 3.05) is 27.9 Å². The highest BCUT2D eigenvalue weighted by molar-refractivity contribution is 5.89. The van der Waals surface area contributed by atoms with Gasteiger partial charge in [0.2, 0.25) is 11.9 Å². The highest BCUT2D eigenvalue weighted by Crippen LogP contribution is 2.40. The number of amides is 1. The molecule has 1 saturated carbocycles. The van der Waals surface area contributed by atoms with Crippen LogP contribution in [0.3, 0.4) is 0 Å². The SMILES string of the molecule is CO[C@H]1C[C@@H]2CC[C@@H](C)[C@@](O)(O2)[C@@H](Oc2ccccc2)C(=O)N2CCCCC2C(=O)OC([C@H](C)CC2CC[C@@H](O)[C@H](OC)C2)CC(=O)[C@H](C)/C=C(\C)C(O)[C@@H](OC)C(=O)C(C)CC(C)/C=C/C=C/C=C/1C. The van der Waals surface area contributed by atoms with Crippen molar-refractivity contribution in [2.24, 2.45) is 35.5 Å². The van der Waals surface area contributed by atoms with E-state index in [2.05, 4.69) is 0 Å². The molecule has 14 nitrogen and oxygen atoms in total. The second-order valence-corrected chi connectivity index (χ2v) is 21.2. The van der Waals surface area contributed by atoms with Gasteiger partial charge >= 0.3 is 5.97 Å². The predicted octanol–water partition coefficient (Wildman–Crippen LogP) is 8.06. The standard InChI is InChI=1S/C57H85NO13/c1-35-19-13-11-14-20-36(2)48(66-8)33-44-26-24-41(7)57(65,71-44)54(69-43-21-15-12-16-22-43)55(63)58-28-18-17-23-45(58)56(64)70-49(38(4)31-42-25-27-46(59)50(32-42)67-9)34-47(60)37(3)30-40(6)52(62)53(68-10)51(61)39(5)29-35/h11-16,19-22,30,35,37-39,41-42,44-46,48-50,52-54,59,62,65H,17-18,23-29,31-34H2,1-10H3/b14-11+,19-13+,36-20+,40-30+/t35?,37-,38-,39?,41-,42?,44+,45?,46-,48+,49?,50-,52?,53+,54+,57-/m1/s1. The summed E-state index contributed by atoms with van der Waals surface area (Å²) in [5, 5.41) is 34.9. The van der Waals surface area contributed by atoms with Crippen molar-refractivity contribution in [3.8, 4) is 5.75 Å². The van der Waals surface area contributed by atoms with Gasteiger partial charge in [0, 0.05) is 58.5 Å². The van der Waals surface area contributed by atoms with E-state index in [4.69, 9.17) is 28.4 Å². The molecule has 5 rings (SSSR count). The molecule has 2 saturated heterocycles. The van der Waals surface area contributed by atoms with Crippen molar-refractivity contribution >= 4 is 23.4 Å². The lowest BCUT2D eigenvalue weighted by atomic mass is 9.78. The number of benzene rings is 1.